The van der Waals surface area contributed by atoms with Crippen molar-refractivity contribution in [2.24, 2.45) is 0 Å². The quantitative estimate of drug-likeness (QED) is 0.817. The van der Waals surface area contributed by atoms with Crippen molar-refractivity contribution in [3.05, 3.63) is 29.3 Å². The van der Waals surface area contributed by atoms with Crippen LogP contribution in [0.5, 0.6) is 5.75 Å². The Kier molecular flexibility index (Phi) is 5.16. The minimum absolute atomic E-state index is 0.314. The number of carboxylic acid groups (broad SMARTS) is 1. The summed E-state index contributed by atoms with van der Waals surface area (Å²) in [5, 5.41) is 18.6. The predicted octanol–water partition coefficient (Wildman–Crippen LogP) is 2.72. The molecule has 0 heterocycles. The van der Waals surface area contributed by atoms with Crippen molar-refractivity contribution in [2.45, 2.75) is 38.7 Å². The fourth-order valence-electron chi connectivity index (χ4n) is 2.11. The van der Waals surface area contributed by atoms with Crippen molar-refractivity contribution in [3.8, 4) is 5.75 Å². The van der Waals surface area contributed by atoms with Crippen LogP contribution < -0.4 is 4.74 Å². The maximum atomic E-state index is 10.9. The van der Waals surface area contributed by atoms with Crippen molar-refractivity contribution >= 4 is 5.97 Å². The number of benzene rings is 1. The van der Waals surface area contributed by atoms with Crippen molar-refractivity contribution in [1.82, 2.24) is 0 Å². The van der Waals surface area contributed by atoms with Gasteiger partial charge in [0.25, 0.3) is 0 Å². The van der Waals surface area contributed by atoms with Crippen LogP contribution in [0.15, 0.2) is 18.2 Å². The first-order chi connectivity index (χ1) is 8.54. The topological polar surface area (TPSA) is 66.8 Å². The summed E-state index contributed by atoms with van der Waals surface area (Å²) in [7, 11) is 1.46. The summed E-state index contributed by atoms with van der Waals surface area (Å²) in [6.45, 7) is 4.18. The highest BCUT2D eigenvalue weighted by Gasteiger charge is 2.21. The number of aliphatic carboxylic acids is 1. The average molecular weight is 252 g/mol. The molecule has 0 bridgehead atoms. The molecule has 1 aromatic carbocycles. The Morgan fingerprint density at radius 1 is 1.33 bits per heavy atom. The number of hydrogen-bond acceptors (Lipinski definition) is 3. The lowest BCUT2D eigenvalue weighted by atomic mass is 9.91. The van der Waals surface area contributed by atoms with Crippen LogP contribution in [-0.2, 0) is 4.79 Å². The van der Waals surface area contributed by atoms with Crippen molar-refractivity contribution in [1.29, 1.82) is 0 Å². The summed E-state index contributed by atoms with van der Waals surface area (Å²) >= 11 is 0. The lowest BCUT2D eigenvalue weighted by Gasteiger charge is -2.17. The van der Waals surface area contributed by atoms with Crippen LogP contribution >= 0.6 is 0 Å². The molecule has 2 N–H and O–H groups in total. The van der Waals surface area contributed by atoms with E-state index < -0.39 is 12.1 Å². The van der Waals surface area contributed by atoms with Gasteiger partial charge in [0.2, 0.25) is 0 Å². The Hall–Kier alpha value is -1.55. The molecule has 4 heteroatoms. The summed E-state index contributed by atoms with van der Waals surface area (Å²) in [5.74, 6) is -0.495. The van der Waals surface area contributed by atoms with Crippen LogP contribution in [0.1, 0.15) is 49.8 Å². The Morgan fingerprint density at radius 2 is 1.94 bits per heavy atom. The number of aliphatic hydroxyl groups is 1. The van der Waals surface area contributed by atoms with Crippen LogP contribution in [0.25, 0.3) is 0 Å². The summed E-state index contributed by atoms with van der Waals surface area (Å²) < 4.78 is 5.10. The van der Waals surface area contributed by atoms with Gasteiger partial charge in [0, 0.05) is 5.56 Å². The van der Waals surface area contributed by atoms with Crippen LogP contribution in [0.4, 0.5) is 0 Å². The minimum Gasteiger partial charge on any atom is -0.496 e. The van der Waals surface area contributed by atoms with Crippen LogP contribution in [0.2, 0.25) is 0 Å². The van der Waals surface area contributed by atoms with Crippen molar-refractivity contribution < 1.29 is 19.7 Å². The zero-order chi connectivity index (χ0) is 13.7. The molecular weight excluding hydrogens is 232 g/mol. The molecule has 1 aromatic rings. The second kappa shape index (κ2) is 6.40. The lowest BCUT2D eigenvalue weighted by Crippen LogP contribution is -2.12. The van der Waals surface area contributed by atoms with Gasteiger partial charge in [-0.05, 0) is 36.5 Å². The van der Waals surface area contributed by atoms with Gasteiger partial charge in [0.1, 0.15) is 5.75 Å². The normalized spacial score (nSPS) is 12.5. The summed E-state index contributed by atoms with van der Waals surface area (Å²) in [4.78, 5) is 10.9. The van der Waals surface area contributed by atoms with E-state index in [0.29, 0.717) is 17.2 Å². The molecule has 1 unspecified atom stereocenters. The van der Waals surface area contributed by atoms with E-state index in [0.717, 1.165) is 18.4 Å². The molecule has 0 radical (unpaired) electrons. The first-order valence-electron chi connectivity index (χ1n) is 6.13. The van der Waals surface area contributed by atoms with Gasteiger partial charge < -0.3 is 14.9 Å². The summed E-state index contributed by atoms with van der Waals surface area (Å²) in [6.07, 6.45) is 0.408. The maximum absolute atomic E-state index is 10.9. The zero-order valence-electron chi connectivity index (χ0n) is 11.0. The molecule has 0 spiro atoms. The number of carboxylic acids is 1. The molecule has 100 valence electrons. The zero-order valence-corrected chi connectivity index (χ0v) is 11.0. The molecule has 0 aliphatic heterocycles. The molecule has 0 saturated heterocycles. The largest absolute Gasteiger partial charge is 0.496 e. The monoisotopic (exact) mass is 252 g/mol. The van der Waals surface area contributed by atoms with Gasteiger partial charge in [-0.2, -0.15) is 0 Å². The molecule has 0 aliphatic carbocycles. The van der Waals surface area contributed by atoms with E-state index in [1.54, 1.807) is 12.1 Å². The SMILES string of the molecule is CCC(CC)c1ccc(OC)c(C(O)C(=O)O)c1. The molecule has 4 nitrogen and oxygen atoms in total. The number of methoxy groups -OCH3 is 1. The number of hydrogen-bond donors (Lipinski definition) is 2. The third-order valence-electron chi connectivity index (χ3n) is 3.24. The molecule has 0 aliphatic rings. The second-order valence-electron chi connectivity index (χ2n) is 4.26. The van der Waals surface area contributed by atoms with E-state index in [1.165, 1.54) is 7.11 Å². The second-order valence-corrected chi connectivity index (χ2v) is 4.26. The van der Waals surface area contributed by atoms with Crippen LogP contribution in [0.3, 0.4) is 0 Å². The van der Waals surface area contributed by atoms with E-state index in [1.807, 2.05) is 6.07 Å². The van der Waals surface area contributed by atoms with E-state index in [2.05, 4.69) is 13.8 Å². The van der Waals surface area contributed by atoms with Gasteiger partial charge in [-0.1, -0.05) is 19.9 Å². The van der Waals surface area contributed by atoms with Gasteiger partial charge in [0.15, 0.2) is 6.10 Å². The molecule has 0 aromatic heterocycles. The number of carbonyl (C=O) groups is 1. The molecular formula is C14H20O4. The van der Waals surface area contributed by atoms with Crippen molar-refractivity contribution in [3.63, 3.8) is 0 Å². The first-order valence-corrected chi connectivity index (χ1v) is 6.13. The fraction of sp³-hybridized carbons (Fsp3) is 0.500. The molecule has 0 amide bonds. The number of ether oxygens (including phenoxy) is 1. The van der Waals surface area contributed by atoms with Gasteiger partial charge in [-0.15, -0.1) is 0 Å². The molecule has 1 atom stereocenters. The maximum Gasteiger partial charge on any atom is 0.337 e. The van der Waals surface area contributed by atoms with E-state index in [4.69, 9.17) is 9.84 Å². The van der Waals surface area contributed by atoms with Crippen molar-refractivity contribution in [2.75, 3.05) is 7.11 Å². The predicted molar refractivity (Wildman–Crippen MR) is 68.9 cm³/mol. The first kappa shape index (κ1) is 14.5. The third kappa shape index (κ3) is 3.01. The number of rotatable bonds is 6. The average Bonchev–Trinajstić information content (AvgIpc) is 2.39. The minimum atomic E-state index is -1.55. The van der Waals surface area contributed by atoms with E-state index in [-0.39, 0.29) is 0 Å². The van der Waals surface area contributed by atoms with Crippen LogP contribution in [-0.4, -0.2) is 23.3 Å². The van der Waals surface area contributed by atoms with Crippen LogP contribution in [0, 0.1) is 0 Å². The van der Waals surface area contributed by atoms with E-state index >= 15 is 0 Å². The molecule has 1 rings (SSSR count). The Bertz CT molecular complexity index is 410. The highest BCUT2D eigenvalue weighted by molar-refractivity contribution is 5.75. The highest BCUT2D eigenvalue weighted by atomic mass is 16.5. The summed E-state index contributed by atoms with van der Waals surface area (Å²) in [6, 6.07) is 5.37. The molecule has 0 saturated carbocycles. The fourth-order valence-corrected chi connectivity index (χ4v) is 2.11. The smallest absolute Gasteiger partial charge is 0.337 e. The Morgan fingerprint density at radius 3 is 2.39 bits per heavy atom. The van der Waals surface area contributed by atoms with Gasteiger partial charge in [0.05, 0.1) is 7.11 Å². The summed E-state index contributed by atoms with van der Waals surface area (Å²) in [5.41, 5.74) is 1.35. The Balaban J connectivity index is 3.20. The van der Waals surface area contributed by atoms with Gasteiger partial charge in [-0.25, -0.2) is 4.79 Å². The standard InChI is InChI=1S/C14H20O4/c1-4-9(5-2)10-6-7-12(18-3)11(8-10)13(15)14(16)17/h6-9,13,15H,4-5H2,1-3H3,(H,16,17). The van der Waals surface area contributed by atoms with Gasteiger partial charge >= 0.3 is 5.97 Å². The number of aliphatic hydroxyl groups excluding tert-OH is 1. The third-order valence-corrected chi connectivity index (χ3v) is 3.24. The lowest BCUT2D eigenvalue weighted by molar-refractivity contribution is -0.147. The molecule has 0 fully saturated rings. The van der Waals surface area contributed by atoms with E-state index in [9.17, 15) is 9.90 Å². The molecule has 18 heavy (non-hydrogen) atoms. The van der Waals surface area contributed by atoms with Gasteiger partial charge in [-0.3, -0.25) is 0 Å². The highest BCUT2D eigenvalue weighted by Crippen LogP contribution is 2.31. The Labute approximate surface area is 107 Å².